The van der Waals surface area contributed by atoms with Gasteiger partial charge >= 0.3 is 0 Å². The van der Waals surface area contributed by atoms with E-state index < -0.39 is 5.60 Å². The van der Waals surface area contributed by atoms with Crippen molar-refractivity contribution in [3.8, 4) is 0 Å². The summed E-state index contributed by atoms with van der Waals surface area (Å²) in [5, 5.41) is 10.7. The Kier molecular flexibility index (Phi) is 4.82. The van der Waals surface area contributed by atoms with E-state index in [-0.39, 0.29) is 0 Å². The van der Waals surface area contributed by atoms with Crippen LogP contribution in [0, 0.1) is 5.92 Å². The van der Waals surface area contributed by atoms with Crippen LogP contribution in [0.5, 0.6) is 0 Å². The standard InChI is InChI=1S/C17H26O/c1-2-3-5-8-15-11-13-17(18,14-12-15)16-9-6-4-7-10-16/h4,6-7,9-10,15,18H,2-3,5,8,11-14H2,1H3. The Bertz CT molecular complexity index is 336. The zero-order valence-corrected chi connectivity index (χ0v) is 11.6. The second kappa shape index (κ2) is 6.38. The summed E-state index contributed by atoms with van der Waals surface area (Å²) in [5.41, 5.74) is 0.555. The van der Waals surface area contributed by atoms with Crippen molar-refractivity contribution in [2.45, 2.75) is 63.9 Å². The molecule has 0 unspecified atom stereocenters. The highest BCUT2D eigenvalue weighted by Crippen LogP contribution is 2.40. The molecule has 0 radical (unpaired) electrons. The Morgan fingerprint density at radius 2 is 1.78 bits per heavy atom. The minimum Gasteiger partial charge on any atom is -0.385 e. The second-order valence-corrected chi connectivity index (χ2v) is 5.84. The summed E-state index contributed by atoms with van der Waals surface area (Å²) in [6.45, 7) is 2.26. The largest absolute Gasteiger partial charge is 0.385 e. The second-order valence-electron chi connectivity index (χ2n) is 5.84. The third kappa shape index (κ3) is 3.35. The van der Waals surface area contributed by atoms with Crippen molar-refractivity contribution in [2.24, 2.45) is 5.92 Å². The Morgan fingerprint density at radius 3 is 2.39 bits per heavy atom. The van der Waals surface area contributed by atoms with Crippen LogP contribution in [0.25, 0.3) is 0 Å². The van der Waals surface area contributed by atoms with Gasteiger partial charge in [0.25, 0.3) is 0 Å². The number of aliphatic hydroxyl groups is 1. The van der Waals surface area contributed by atoms with E-state index in [1.54, 1.807) is 0 Å². The zero-order valence-electron chi connectivity index (χ0n) is 11.6. The maximum Gasteiger partial charge on any atom is 0.0896 e. The van der Waals surface area contributed by atoms with Crippen LogP contribution in [0.4, 0.5) is 0 Å². The van der Waals surface area contributed by atoms with Gasteiger partial charge in [-0.2, -0.15) is 0 Å². The molecule has 1 N–H and O–H groups in total. The molecule has 1 nitrogen and oxygen atoms in total. The number of hydrogen-bond acceptors (Lipinski definition) is 1. The lowest BCUT2D eigenvalue weighted by Crippen LogP contribution is -2.31. The summed E-state index contributed by atoms with van der Waals surface area (Å²) >= 11 is 0. The molecule has 1 fully saturated rings. The predicted molar refractivity (Wildman–Crippen MR) is 76.4 cm³/mol. The molecule has 1 aromatic carbocycles. The summed E-state index contributed by atoms with van der Waals surface area (Å²) in [6, 6.07) is 10.2. The van der Waals surface area contributed by atoms with Gasteiger partial charge in [0, 0.05) is 0 Å². The minimum atomic E-state index is -0.553. The fourth-order valence-corrected chi connectivity index (χ4v) is 3.16. The maximum atomic E-state index is 10.7. The molecular weight excluding hydrogens is 220 g/mol. The Labute approximate surface area is 111 Å². The molecule has 1 aromatic rings. The van der Waals surface area contributed by atoms with Crippen molar-refractivity contribution in [1.82, 2.24) is 0 Å². The van der Waals surface area contributed by atoms with E-state index >= 15 is 0 Å². The smallest absolute Gasteiger partial charge is 0.0896 e. The fraction of sp³-hybridized carbons (Fsp3) is 0.647. The lowest BCUT2D eigenvalue weighted by molar-refractivity contribution is -0.0154. The first-order valence-electron chi connectivity index (χ1n) is 7.52. The quantitative estimate of drug-likeness (QED) is 0.750. The van der Waals surface area contributed by atoms with E-state index in [1.165, 1.54) is 38.5 Å². The summed E-state index contributed by atoms with van der Waals surface area (Å²) in [5.74, 6) is 0.848. The van der Waals surface area contributed by atoms with Gasteiger partial charge in [-0.25, -0.2) is 0 Å². The van der Waals surface area contributed by atoms with Gasteiger partial charge < -0.3 is 5.11 Å². The number of unbranched alkanes of at least 4 members (excludes halogenated alkanes) is 2. The van der Waals surface area contributed by atoms with Crippen LogP contribution in [0.2, 0.25) is 0 Å². The van der Waals surface area contributed by atoms with Crippen molar-refractivity contribution in [3.63, 3.8) is 0 Å². The highest BCUT2D eigenvalue weighted by atomic mass is 16.3. The van der Waals surface area contributed by atoms with Crippen molar-refractivity contribution in [3.05, 3.63) is 35.9 Å². The van der Waals surface area contributed by atoms with Gasteiger partial charge in [-0.3, -0.25) is 0 Å². The van der Waals surface area contributed by atoms with Crippen molar-refractivity contribution in [2.75, 3.05) is 0 Å². The molecule has 0 spiro atoms. The Balaban J connectivity index is 1.86. The Morgan fingerprint density at radius 1 is 1.11 bits per heavy atom. The fourth-order valence-electron chi connectivity index (χ4n) is 3.16. The first-order valence-corrected chi connectivity index (χ1v) is 7.52. The van der Waals surface area contributed by atoms with E-state index in [1.807, 2.05) is 18.2 Å². The molecule has 0 bridgehead atoms. The van der Waals surface area contributed by atoms with Crippen LogP contribution in [-0.2, 0) is 5.60 Å². The average Bonchev–Trinajstić information content (AvgIpc) is 2.42. The van der Waals surface area contributed by atoms with Crippen LogP contribution in [0.3, 0.4) is 0 Å². The number of benzene rings is 1. The van der Waals surface area contributed by atoms with E-state index in [0.29, 0.717) is 0 Å². The van der Waals surface area contributed by atoms with Crippen LogP contribution in [0.1, 0.15) is 63.9 Å². The number of hydrogen-bond donors (Lipinski definition) is 1. The molecular formula is C17H26O. The third-order valence-corrected chi connectivity index (χ3v) is 4.46. The zero-order chi connectivity index (χ0) is 12.8. The van der Waals surface area contributed by atoms with Crippen LogP contribution in [-0.4, -0.2) is 5.11 Å². The monoisotopic (exact) mass is 246 g/mol. The molecule has 0 heterocycles. The van der Waals surface area contributed by atoms with Crippen LogP contribution in [0.15, 0.2) is 30.3 Å². The molecule has 0 aromatic heterocycles. The first-order chi connectivity index (χ1) is 8.74. The third-order valence-electron chi connectivity index (χ3n) is 4.46. The van der Waals surface area contributed by atoms with Gasteiger partial charge in [0.1, 0.15) is 0 Å². The van der Waals surface area contributed by atoms with E-state index in [0.717, 1.165) is 24.3 Å². The molecule has 0 atom stereocenters. The van der Waals surface area contributed by atoms with Gasteiger partial charge in [0.15, 0.2) is 0 Å². The maximum absolute atomic E-state index is 10.7. The average molecular weight is 246 g/mol. The van der Waals surface area contributed by atoms with E-state index in [9.17, 15) is 5.11 Å². The lowest BCUT2D eigenvalue weighted by atomic mass is 9.74. The van der Waals surface area contributed by atoms with E-state index in [2.05, 4.69) is 19.1 Å². The molecule has 0 amide bonds. The summed E-state index contributed by atoms with van der Waals surface area (Å²) in [7, 11) is 0. The van der Waals surface area contributed by atoms with Gasteiger partial charge in [0.2, 0.25) is 0 Å². The summed E-state index contributed by atoms with van der Waals surface area (Å²) in [4.78, 5) is 0. The van der Waals surface area contributed by atoms with Gasteiger partial charge in [-0.15, -0.1) is 0 Å². The predicted octanol–water partition coefficient (Wildman–Crippen LogP) is 4.64. The highest BCUT2D eigenvalue weighted by molar-refractivity contribution is 5.22. The van der Waals surface area contributed by atoms with Gasteiger partial charge in [-0.1, -0.05) is 62.9 Å². The molecule has 0 aliphatic heterocycles. The van der Waals surface area contributed by atoms with Crippen LogP contribution >= 0.6 is 0 Å². The first kappa shape index (κ1) is 13.6. The SMILES string of the molecule is CCCCCC1CCC(O)(c2ccccc2)CC1. The van der Waals surface area contributed by atoms with Gasteiger partial charge in [-0.05, 0) is 37.2 Å². The van der Waals surface area contributed by atoms with Crippen molar-refractivity contribution < 1.29 is 5.11 Å². The molecule has 1 aliphatic carbocycles. The molecule has 18 heavy (non-hydrogen) atoms. The molecule has 100 valence electrons. The molecule has 1 aliphatic rings. The lowest BCUT2D eigenvalue weighted by Gasteiger charge is -2.36. The normalized spacial score (nSPS) is 28.2. The minimum absolute atomic E-state index is 0.553. The number of rotatable bonds is 5. The molecule has 1 heteroatoms. The molecule has 2 rings (SSSR count). The van der Waals surface area contributed by atoms with Crippen molar-refractivity contribution in [1.29, 1.82) is 0 Å². The Hall–Kier alpha value is -0.820. The van der Waals surface area contributed by atoms with E-state index in [4.69, 9.17) is 0 Å². The summed E-state index contributed by atoms with van der Waals surface area (Å²) < 4.78 is 0. The van der Waals surface area contributed by atoms with Gasteiger partial charge in [0.05, 0.1) is 5.60 Å². The van der Waals surface area contributed by atoms with Crippen LogP contribution < -0.4 is 0 Å². The topological polar surface area (TPSA) is 20.2 Å². The molecule has 1 saturated carbocycles. The highest BCUT2D eigenvalue weighted by Gasteiger charge is 2.34. The van der Waals surface area contributed by atoms with Crippen molar-refractivity contribution >= 4 is 0 Å². The summed E-state index contributed by atoms with van der Waals surface area (Å²) in [6.07, 6.45) is 9.65. The molecule has 0 saturated heterocycles.